The Morgan fingerprint density at radius 3 is 2.36 bits per heavy atom. The fourth-order valence-electron chi connectivity index (χ4n) is 3.03. The Hall–Kier alpha value is -2.06. The molecule has 1 atom stereocenters. The molecule has 1 aliphatic rings. The molecule has 150 valence electrons. The molecule has 8 heteroatoms. The average molecular weight is 467 g/mol. The lowest BCUT2D eigenvalue weighted by Gasteiger charge is -2.30. The van der Waals surface area contributed by atoms with Crippen LogP contribution in [0.3, 0.4) is 0 Å². The zero-order valence-corrected chi connectivity index (χ0v) is 18.6. The van der Waals surface area contributed by atoms with Crippen LogP contribution >= 0.6 is 15.9 Å². The second-order valence-corrected chi connectivity index (χ2v) is 10.4. The number of ether oxygens (including phenoxy) is 1. The van der Waals surface area contributed by atoms with E-state index in [0.717, 1.165) is 11.3 Å². The number of hydrogen-bond donors (Lipinski definition) is 2. The fraction of sp³-hybridized carbons (Fsp3) is 0.350. The summed E-state index contributed by atoms with van der Waals surface area (Å²) in [6.07, 6.45) is 1.19. The highest BCUT2D eigenvalue weighted by Gasteiger charge is 2.45. The molecule has 2 aromatic rings. The molecule has 1 heterocycles. The number of benzene rings is 2. The molecule has 3 rings (SSSR count). The van der Waals surface area contributed by atoms with E-state index in [1.807, 2.05) is 39.0 Å². The molecule has 1 unspecified atom stereocenters. The highest BCUT2D eigenvalue weighted by molar-refractivity contribution is 9.09. The van der Waals surface area contributed by atoms with E-state index in [1.54, 1.807) is 24.3 Å². The zero-order chi connectivity index (χ0) is 20.7. The van der Waals surface area contributed by atoms with E-state index in [1.165, 1.54) is 6.26 Å². The smallest absolute Gasteiger partial charge is 0.354 e. The van der Waals surface area contributed by atoms with Crippen LogP contribution in [0.1, 0.15) is 20.8 Å². The van der Waals surface area contributed by atoms with Gasteiger partial charge in [-0.05, 0) is 44.5 Å². The molecule has 2 N–H and O–H groups in total. The minimum atomic E-state index is -3.37. The number of rotatable bonds is 4. The predicted octanol–water partition coefficient (Wildman–Crippen LogP) is 4.03. The molecule has 1 aliphatic heterocycles. The number of alkyl halides is 1. The van der Waals surface area contributed by atoms with Crippen LogP contribution < -0.4 is 10.6 Å². The maximum atomic E-state index is 12.8. The Balaban J connectivity index is 1.99. The SMILES string of the molecule is CC(C)(C)OC(=O)C1(CBr)Nc2ccc(-c3ccccc3S(C)(=O)=O)cc2N1. The molecule has 28 heavy (non-hydrogen) atoms. The number of esters is 1. The summed E-state index contributed by atoms with van der Waals surface area (Å²) in [5.74, 6) is -0.425. The number of hydrogen-bond acceptors (Lipinski definition) is 6. The summed E-state index contributed by atoms with van der Waals surface area (Å²) in [6, 6.07) is 12.3. The van der Waals surface area contributed by atoms with Crippen molar-refractivity contribution in [2.24, 2.45) is 0 Å². The van der Waals surface area contributed by atoms with Crippen molar-refractivity contribution in [1.82, 2.24) is 0 Å². The van der Waals surface area contributed by atoms with Gasteiger partial charge >= 0.3 is 5.97 Å². The zero-order valence-electron chi connectivity index (χ0n) is 16.2. The monoisotopic (exact) mass is 466 g/mol. The van der Waals surface area contributed by atoms with Gasteiger partial charge in [-0.25, -0.2) is 13.2 Å². The number of carbonyl (C=O) groups is 1. The lowest BCUT2D eigenvalue weighted by Crippen LogP contribution is -2.54. The quantitative estimate of drug-likeness (QED) is 0.522. The van der Waals surface area contributed by atoms with Crippen molar-refractivity contribution < 1.29 is 17.9 Å². The highest BCUT2D eigenvalue weighted by atomic mass is 79.9. The van der Waals surface area contributed by atoms with Crippen LogP contribution in [0, 0.1) is 0 Å². The second-order valence-electron chi connectivity index (χ2n) is 7.82. The van der Waals surface area contributed by atoms with Gasteiger partial charge in [0.15, 0.2) is 9.84 Å². The molecule has 0 fully saturated rings. The maximum absolute atomic E-state index is 12.8. The molecule has 2 aromatic carbocycles. The summed E-state index contributed by atoms with van der Waals surface area (Å²) in [5, 5.41) is 6.69. The third kappa shape index (κ3) is 4.03. The third-order valence-electron chi connectivity index (χ3n) is 4.26. The summed E-state index contributed by atoms with van der Waals surface area (Å²) in [6.45, 7) is 5.44. The van der Waals surface area contributed by atoms with Crippen LogP contribution in [0.5, 0.6) is 0 Å². The molecule has 0 radical (unpaired) electrons. The van der Waals surface area contributed by atoms with Gasteiger partial charge in [0.25, 0.3) is 0 Å². The number of sulfone groups is 1. The van der Waals surface area contributed by atoms with Crippen LogP contribution in [0.25, 0.3) is 11.1 Å². The summed E-state index contributed by atoms with van der Waals surface area (Å²) in [5.41, 5.74) is 1.04. The van der Waals surface area contributed by atoms with Crippen molar-refractivity contribution in [3.63, 3.8) is 0 Å². The lowest BCUT2D eigenvalue weighted by molar-refractivity contribution is -0.158. The Morgan fingerprint density at radius 2 is 1.75 bits per heavy atom. The van der Waals surface area contributed by atoms with Crippen molar-refractivity contribution in [2.45, 2.75) is 36.9 Å². The van der Waals surface area contributed by atoms with Crippen LogP contribution in [0.4, 0.5) is 11.4 Å². The summed E-state index contributed by atoms with van der Waals surface area (Å²) >= 11 is 3.40. The van der Waals surface area contributed by atoms with Crippen molar-refractivity contribution in [3.8, 4) is 11.1 Å². The standard InChI is InChI=1S/C20H23BrN2O4S/c1-19(2,3)27-18(24)20(12-21)22-15-10-9-13(11-16(15)23-20)14-7-5-6-8-17(14)28(4,25)26/h5-11,22-23H,12H2,1-4H3. The number of carbonyl (C=O) groups excluding carboxylic acids is 1. The van der Waals surface area contributed by atoms with Crippen LogP contribution in [0.15, 0.2) is 47.4 Å². The van der Waals surface area contributed by atoms with Gasteiger partial charge in [0.05, 0.1) is 21.6 Å². The van der Waals surface area contributed by atoms with Crippen molar-refractivity contribution in [2.75, 3.05) is 22.2 Å². The summed E-state index contributed by atoms with van der Waals surface area (Å²) in [4.78, 5) is 13.0. The first-order chi connectivity index (χ1) is 13.0. The first kappa shape index (κ1) is 20.7. The van der Waals surface area contributed by atoms with E-state index in [9.17, 15) is 13.2 Å². The molecule has 0 saturated carbocycles. The van der Waals surface area contributed by atoms with Gasteiger partial charge in [0, 0.05) is 11.8 Å². The Labute approximate surface area is 173 Å². The second kappa shape index (κ2) is 7.08. The first-order valence-electron chi connectivity index (χ1n) is 8.74. The normalized spacial score (nSPS) is 18.8. The topological polar surface area (TPSA) is 84.5 Å². The number of anilines is 2. The van der Waals surface area contributed by atoms with E-state index >= 15 is 0 Å². The number of nitrogens with one attached hydrogen (secondary N) is 2. The van der Waals surface area contributed by atoms with Gasteiger partial charge in [-0.2, -0.15) is 0 Å². The molecule has 6 nitrogen and oxygen atoms in total. The van der Waals surface area contributed by atoms with Gasteiger partial charge < -0.3 is 15.4 Å². The maximum Gasteiger partial charge on any atom is 0.354 e. The third-order valence-corrected chi connectivity index (χ3v) is 6.26. The molecule has 0 spiro atoms. The summed E-state index contributed by atoms with van der Waals surface area (Å²) in [7, 11) is -3.37. The van der Waals surface area contributed by atoms with Crippen molar-refractivity contribution >= 4 is 43.1 Å². The van der Waals surface area contributed by atoms with Gasteiger partial charge in [0.1, 0.15) is 5.60 Å². The fourth-order valence-corrected chi connectivity index (χ4v) is 4.45. The largest absolute Gasteiger partial charge is 0.457 e. The van der Waals surface area contributed by atoms with E-state index < -0.39 is 27.1 Å². The van der Waals surface area contributed by atoms with E-state index in [2.05, 4.69) is 26.6 Å². The molecule has 0 bridgehead atoms. The van der Waals surface area contributed by atoms with Gasteiger partial charge in [0.2, 0.25) is 5.66 Å². The van der Waals surface area contributed by atoms with Gasteiger partial charge in [-0.15, -0.1) is 0 Å². The molecule has 0 aliphatic carbocycles. The van der Waals surface area contributed by atoms with E-state index in [4.69, 9.17) is 4.74 Å². The van der Waals surface area contributed by atoms with Crippen LogP contribution in [0.2, 0.25) is 0 Å². The minimum Gasteiger partial charge on any atom is -0.457 e. The Morgan fingerprint density at radius 1 is 1.11 bits per heavy atom. The molecular formula is C20H23BrN2O4S. The average Bonchev–Trinajstić information content (AvgIpc) is 2.99. The van der Waals surface area contributed by atoms with E-state index in [-0.39, 0.29) is 4.90 Å². The van der Waals surface area contributed by atoms with Gasteiger partial charge in [-0.3, -0.25) is 0 Å². The Bertz CT molecular complexity index is 1030. The highest BCUT2D eigenvalue weighted by Crippen LogP contribution is 2.40. The van der Waals surface area contributed by atoms with Crippen LogP contribution in [-0.2, 0) is 19.4 Å². The number of halogens is 1. The lowest BCUT2D eigenvalue weighted by atomic mass is 10.0. The Kier molecular flexibility index (Phi) is 5.22. The van der Waals surface area contributed by atoms with Crippen LogP contribution in [-0.4, -0.2) is 37.2 Å². The van der Waals surface area contributed by atoms with Gasteiger partial charge in [-0.1, -0.05) is 40.2 Å². The van der Waals surface area contributed by atoms with Crippen molar-refractivity contribution in [1.29, 1.82) is 0 Å². The summed E-state index contributed by atoms with van der Waals surface area (Å²) < 4.78 is 29.8. The first-order valence-corrected chi connectivity index (χ1v) is 11.8. The molecule has 0 saturated heterocycles. The number of fused-ring (bicyclic) bond motifs is 1. The molecular weight excluding hydrogens is 444 g/mol. The molecule has 0 aromatic heterocycles. The molecule has 0 amide bonds. The van der Waals surface area contributed by atoms with E-state index in [0.29, 0.717) is 16.6 Å². The minimum absolute atomic E-state index is 0.264. The predicted molar refractivity (Wildman–Crippen MR) is 115 cm³/mol. The van der Waals surface area contributed by atoms with Crippen molar-refractivity contribution in [3.05, 3.63) is 42.5 Å².